The minimum atomic E-state index is 0.252. The molecule has 2 atom stereocenters. The Bertz CT molecular complexity index is 637. The summed E-state index contributed by atoms with van der Waals surface area (Å²) in [6, 6.07) is 5.80. The number of likely N-dealkylation sites (tertiary alicyclic amines) is 1. The van der Waals surface area contributed by atoms with E-state index in [1.807, 2.05) is 4.90 Å². The zero-order valence-corrected chi connectivity index (χ0v) is 15.2. The van der Waals surface area contributed by atoms with Crippen LogP contribution in [0.25, 0.3) is 0 Å². The highest BCUT2D eigenvalue weighted by Crippen LogP contribution is 2.22. The predicted octanol–water partition coefficient (Wildman–Crippen LogP) is 1.58. The number of piperidine rings is 1. The van der Waals surface area contributed by atoms with Gasteiger partial charge in [-0.3, -0.25) is 9.69 Å². The van der Waals surface area contributed by atoms with Gasteiger partial charge in [-0.15, -0.1) is 0 Å². The lowest BCUT2D eigenvalue weighted by Crippen LogP contribution is -2.52. The van der Waals surface area contributed by atoms with Crippen molar-refractivity contribution in [1.29, 1.82) is 5.26 Å². The van der Waals surface area contributed by atoms with Crippen molar-refractivity contribution < 1.29 is 4.79 Å². The van der Waals surface area contributed by atoms with E-state index in [2.05, 4.69) is 34.7 Å². The Morgan fingerprint density at radius 3 is 2.56 bits per heavy atom. The minimum Gasteiger partial charge on any atom is -0.353 e. The van der Waals surface area contributed by atoms with Gasteiger partial charge in [0.2, 0.25) is 5.91 Å². The number of nitrogens with zero attached hydrogens (tertiary/aromatic N) is 5. The number of rotatable bonds is 3. The highest BCUT2D eigenvalue weighted by molar-refractivity contribution is 5.78. The third kappa shape index (κ3) is 4.29. The maximum atomic E-state index is 12.6. The van der Waals surface area contributed by atoms with Crippen LogP contribution in [-0.2, 0) is 4.79 Å². The SMILES string of the molecule is CC1CC(C)CN(C(=O)CN2CCN(c3ncccc3C#N)CC2)C1. The highest BCUT2D eigenvalue weighted by atomic mass is 16.2. The van der Waals surface area contributed by atoms with Gasteiger partial charge in [0.15, 0.2) is 0 Å². The van der Waals surface area contributed by atoms with E-state index in [0.29, 0.717) is 23.9 Å². The zero-order chi connectivity index (χ0) is 17.8. The van der Waals surface area contributed by atoms with Crippen molar-refractivity contribution in [2.45, 2.75) is 20.3 Å². The Balaban J connectivity index is 1.53. The molecule has 2 unspecified atom stereocenters. The van der Waals surface area contributed by atoms with Gasteiger partial charge in [-0.05, 0) is 30.4 Å². The van der Waals surface area contributed by atoms with Crippen LogP contribution < -0.4 is 4.90 Å². The molecule has 0 aromatic carbocycles. The fraction of sp³-hybridized carbons (Fsp3) is 0.632. The average molecular weight is 341 g/mol. The Kier molecular flexibility index (Phi) is 5.54. The van der Waals surface area contributed by atoms with Crippen LogP contribution in [0.15, 0.2) is 18.3 Å². The molecule has 1 amide bonds. The summed E-state index contributed by atoms with van der Waals surface area (Å²) in [6.07, 6.45) is 2.94. The molecule has 0 radical (unpaired) electrons. The highest BCUT2D eigenvalue weighted by Gasteiger charge is 2.28. The van der Waals surface area contributed by atoms with E-state index in [4.69, 9.17) is 0 Å². The Labute approximate surface area is 150 Å². The third-order valence-corrected chi connectivity index (χ3v) is 5.16. The molecular weight excluding hydrogens is 314 g/mol. The van der Waals surface area contributed by atoms with E-state index in [0.717, 1.165) is 45.1 Å². The lowest BCUT2D eigenvalue weighted by atomic mass is 9.92. The molecule has 2 aliphatic rings. The quantitative estimate of drug-likeness (QED) is 0.835. The van der Waals surface area contributed by atoms with Gasteiger partial charge in [0.25, 0.3) is 0 Å². The smallest absolute Gasteiger partial charge is 0.236 e. The van der Waals surface area contributed by atoms with Gasteiger partial charge >= 0.3 is 0 Å². The number of carbonyl (C=O) groups excluding carboxylic acids is 1. The molecule has 0 bridgehead atoms. The Morgan fingerprint density at radius 2 is 1.92 bits per heavy atom. The standard InChI is InChI=1S/C19H27N5O/c1-15-10-16(2)13-24(12-15)18(25)14-22-6-8-23(9-7-22)19-17(11-20)4-3-5-21-19/h3-5,15-16H,6-10,12-14H2,1-2H3. The molecule has 0 saturated carbocycles. The van der Waals surface area contributed by atoms with Crippen LogP contribution in [0.2, 0.25) is 0 Å². The third-order valence-electron chi connectivity index (χ3n) is 5.16. The monoisotopic (exact) mass is 341 g/mol. The van der Waals surface area contributed by atoms with E-state index in [-0.39, 0.29) is 5.91 Å². The first-order valence-corrected chi connectivity index (χ1v) is 9.17. The van der Waals surface area contributed by atoms with E-state index in [1.165, 1.54) is 6.42 Å². The van der Waals surface area contributed by atoms with E-state index >= 15 is 0 Å². The molecule has 6 heteroatoms. The number of hydrogen-bond acceptors (Lipinski definition) is 5. The van der Waals surface area contributed by atoms with Crippen LogP contribution in [0.1, 0.15) is 25.8 Å². The molecule has 1 aromatic rings. The molecule has 1 aromatic heterocycles. The van der Waals surface area contributed by atoms with Gasteiger partial charge in [-0.25, -0.2) is 4.98 Å². The van der Waals surface area contributed by atoms with Crippen molar-refractivity contribution >= 4 is 11.7 Å². The lowest BCUT2D eigenvalue weighted by Gasteiger charge is -2.38. The lowest BCUT2D eigenvalue weighted by molar-refractivity contribution is -0.135. The van der Waals surface area contributed by atoms with Crippen molar-refractivity contribution in [2.24, 2.45) is 11.8 Å². The summed E-state index contributed by atoms with van der Waals surface area (Å²) in [4.78, 5) is 23.4. The number of hydrogen-bond donors (Lipinski definition) is 0. The van der Waals surface area contributed by atoms with E-state index in [1.54, 1.807) is 18.3 Å². The zero-order valence-electron chi connectivity index (χ0n) is 15.2. The molecule has 6 nitrogen and oxygen atoms in total. The second kappa shape index (κ2) is 7.83. The molecule has 2 aliphatic heterocycles. The first-order chi connectivity index (χ1) is 12.1. The average Bonchev–Trinajstić information content (AvgIpc) is 2.61. The molecule has 25 heavy (non-hydrogen) atoms. The summed E-state index contributed by atoms with van der Waals surface area (Å²) in [5.41, 5.74) is 0.614. The largest absolute Gasteiger partial charge is 0.353 e. The van der Waals surface area contributed by atoms with Crippen LogP contribution in [0.5, 0.6) is 0 Å². The number of carbonyl (C=O) groups is 1. The van der Waals surface area contributed by atoms with Crippen molar-refractivity contribution in [2.75, 3.05) is 50.7 Å². The van der Waals surface area contributed by atoms with Crippen LogP contribution in [0.4, 0.5) is 5.82 Å². The number of pyridine rings is 1. The summed E-state index contributed by atoms with van der Waals surface area (Å²) in [5.74, 6) is 2.20. The molecule has 2 fully saturated rings. The van der Waals surface area contributed by atoms with Gasteiger partial charge in [0, 0.05) is 45.5 Å². The van der Waals surface area contributed by atoms with Gasteiger partial charge in [-0.2, -0.15) is 5.26 Å². The molecule has 0 aliphatic carbocycles. The Morgan fingerprint density at radius 1 is 1.24 bits per heavy atom. The van der Waals surface area contributed by atoms with Gasteiger partial charge < -0.3 is 9.80 Å². The van der Waals surface area contributed by atoms with Gasteiger partial charge in [0.1, 0.15) is 11.9 Å². The molecule has 3 rings (SSSR count). The molecule has 3 heterocycles. The van der Waals surface area contributed by atoms with Gasteiger partial charge in [0.05, 0.1) is 12.1 Å². The maximum absolute atomic E-state index is 12.6. The fourth-order valence-corrected chi connectivity index (χ4v) is 4.01. The summed E-state index contributed by atoms with van der Waals surface area (Å²) in [5, 5.41) is 9.23. The second-order valence-electron chi connectivity index (χ2n) is 7.49. The molecule has 0 spiro atoms. The summed E-state index contributed by atoms with van der Waals surface area (Å²) in [6.45, 7) is 9.99. The maximum Gasteiger partial charge on any atom is 0.236 e. The first kappa shape index (κ1) is 17.7. The van der Waals surface area contributed by atoms with E-state index < -0.39 is 0 Å². The van der Waals surface area contributed by atoms with Crippen molar-refractivity contribution in [3.63, 3.8) is 0 Å². The fourth-order valence-electron chi connectivity index (χ4n) is 4.01. The van der Waals surface area contributed by atoms with Crippen LogP contribution in [0, 0.1) is 23.2 Å². The number of anilines is 1. The van der Waals surface area contributed by atoms with Crippen molar-refractivity contribution in [1.82, 2.24) is 14.8 Å². The van der Waals surface area contributed by atoms with Crippen LogP contribution in [0.3, 0.4) is 0 Å². The minimum absolute atomic E-state index is 0.252. The van der Waals surface area contributed by atoms with Crippen molar-refractivity contribution in [3.05, 3.63) is 23.9 Å². The summed E-state index contributed by atoms with van der Waals surface area (Å²) >= 11 is 0. The van der Waals surface area contributed by atoms with Crippen molar-refractivity contribution in [3.8, 4) is 6.07 Å². The first-order valence-electron chi connectivity index (χ1n) is 9.17. The second-order valence-corrected chi connectivity index (χ2v) is 7.49. The van der Waals surface area contributed by atoms with Gasteiger partial charge in [-0.1, -0.05) is 13.8 Å². The predicted molar refractivity (Wildman–Crippen MR) is 97.1 cm³/mol. The molecule has 134 valence electrons. The Hall–Kier alpha value is -2.13. The summed E-state index contributed by atoms with van der Waals surface area (Å²) < 4.78 is 0. The topological polar surface area (TPSA) is 63.5 Å². The molecule has 0 N–H and O–H groups in total. The molecular formula is C19H27N5O. The van der Waals surface area contributed by atoms with Crippen LogP contribution >= 0.6 is 0 Å². The number of amides is 1. The summed E-state index contributed by atoms with van der Waals surface area (Å²) in [7, 11) is 0. The van der Waals surface area contributed by atoms with Crippen LogP contribution in [-0.4, -0.2) is 66.5 Å². The number of piperazine rings is 1. The normalized spacial score (nSPS) is 24.8. The number of aromatic nitrogens is 1. The van der Waals surface area contributed by atoms with E-state index in [9.17, 15) is 10.1 Å². The molecule has 2 saturated heterocycles. The number of nitriles is 1.